The van der Waals surface area contributed by atoms with E-state index in [1.54, 1.807) is 24.3 Å². The molecule has 98 valence electrons. The van der Waals surface area contributed by atoms with E-state index in [2.05, 4.69) is 21.2 Å². The number of carbonyl (C=O) groups is 1. The van der Waals surface area contributed by atoms with Crippen LogP contribution in [0.4, 0.5) is 5.69 Å². The maximum atomic E-state index is 12.0. The van der Waals surface area contributed by atoms with Gasteiger partial charge in [-0.15, -0.1) is 0 Å². The standard InChI is InChI=1S/C15H13BrClNO/c16-9-8-11-4-6-14(7-5-11)18-15(19)12-2-1-3-13(17)10-12/h1-7,10H,8-9H2,(H,18,19). The van der Waals surface area contributed by atoms with Crippen molar-refractivity contribution in [2.24, 2.45) is 0 Å². The minimum atomic E-state index is -0.157. The Morgan fingerprint density at radius 3 is 2.53 bits per heavy atom. The van der Waals surface area contributed by atoms with Crippen LogP contribution in [0.3, 0.4) is 0 Å². The Hall–Kier alpha value is -1.32. The smallest absolute Gasteiger partial charge is 0.255 e. The first-order chi connectivity index (χ1) is 9.19. The van der Waals surface area contributed by atoms with E-state index in [-0.39, 0.29) is 5.91 Å². The Morgan fingerprint density at radius 2 is 1.89 bits per heavy atom. The summed E-state index contributed by atoms with van der Waals surface area (Å²) in [6, 6.07) is 14.7. The van der Waals surface area contributed by atoms with Crippen LogP contribution < -0.4 is 5.32 Å². The van der Waals surface area contributed by atoms with Crippen LogP contribution in [0, 0.1) is 0 Å². The van der Waals surface area contributed by atoms with Gasteiger partial charge in [-0.25, -0.2) is 0 Å². The molecule has 0 spiro atoms. The van der Waals surface area contributed by atoms with Crippen LogP contribution in [0.1, 0.15) is 15.9 Å². The number of halogens is 2. The lowest BCUT2D eigenvalue weighted by atomic mass is 10.1. The van der Waals surface area contributed by atoms with Crippen molar-refractivity contribution in [3.05, 3.63) is 64.7 Å². The van der Waals surface area contributed by atoms with Gasteiger partial charge in [0.25, 0.3) is 5.91 Å². The van der Waals surface area contributed by atoms with Gasteiger partial charge in [0.2, 0.25) is 0 Å². The van der Waals surface area contributed by atoms with E-state index in [9.17, 15) is 4.79 Å². The number of benzene rings is 2. The number of amides is 1. The zero-order chi connectivity index (χ0) is 13.7. The lowest BCUT2D eigenvalue weighted by Crippen LogP contribution is -2.11. The molecule has 4 heteroatoms. The summed E-state index contributed by atoms with van der Waals surface area (Å²) in [4.78, 5) is 12.0. The fourth-order valence-corrected chi connectivity index (χ4v) is 2.34. The maximum absolute atomic E-state index is 12.0. The van der Waals surface area contributed by atoms with Gasteiger partial charge >= 0.3 is 0 Å². The SMILES string of the molecule is O=C(Nc1ccc(CCBr)cc1)c1cccc(Cl)c1. The maximum Gasteiger partial charge on any atom is 0.255 e. The molecule has 2 aromatic rings. The fourth-order valence-electron chi connectivity index (χ4n) is 1.70. The normalized spacial score (nSPS) is 10.2. The second-order valence-corrected chi connectivity index (χ2v) is 5.33. The lowest BCUT2D eigenvalue weighted by Gasteiger charge is -2.06. The minimum absolute atomic E-state index is 0.157. The molecule has 0 aliphatic heterocycles. The quantitative estimate of drug-likeness (QED) is 0.815. The lowest BCUT2D eigenvalue weighted by molar-refractivity contribution is 0.102. The molecule has 0 saturated carbocycles. The molecule has 0 fully saturated rings. The topological polar surface area (TPSA) is 29.1 Å². The van der Waals surface area contributed by atoms with Gasteiger partial charge in [0, 0.05) is 21.6 Å². The molecule has 0 atom stereocenters. The summed E-state index contributed by atoms with van der Waals surface area (Å²) in [5, 5.41) is 4.33. The Labute approximate surface area is 125 Å². The first kappa shape index (κ1) is 14.1. The summed E-state index contributed by atoms with van der Waals surface area (Å²) in [6.07, 6.45) is 0.975. The van der Waals surface area contributed by atoms with E-state index in [0.29, 0.717) is 10.6 Å². The van der Waals surface area contributed by atoms with Gasteiger partial charge in [-0.3, -0.25) is 4.79 Å². The first-order valence-electron chi connectivity index (χ1n) is 5.91. The van der Waals surface area contributed by atoms with E-state index in [0.717, 1.165) is 17.4 Å². The van der Waals surface area contributed by atoms with E-state index >= 15 is 0 Å². The number of nitrogens with one attached hydrogen (secondary N) is 1. The van der Waals surface area contributed by atoms with E-state index in [1.807, 2.05) is 24.3 Å². The van der Waals surface area contributed by atoms with Gasteiger partial charge in [0.05, 0.1) is 0 Å². The molecule has 0 saturated heterocycles. The van der Waals surface area contributed by atoms with Crippen LogP contribution in [0.5, 0.6) is 0 Å². The number of anilines is 1. The third kappa shape index (κ3) is 4.08. The summed E-state index contributed by atoms with van der Waals surface area (Å²) in [5.74, 6) is -0.157. The van der Waals surface area contributed by atoms with Gasteiger partial charge in [0.1, 0.15) is 0 Å². The third-order valence-electron chi connectivity index (χ3n) is 2.68. The van der Waals surface area contributed by atoms with Gasteiger partial charge in [0.15, 0.2) is 0 Å². The van der Waals surface area contributed by atoms with Gasteiger partial charge in [-0.05, 0) is 42.3 Å². The highest BCUT2D eigenvalue weighted by atomic mass is 79.9. The van der Waals surface area contributed by atoms with Crippen molar-refractivity contribution in [3.8, 4) is 0 Å². The summed E-state index contributed by atoms with van der Waals surface area (Å²) in [7, 11) is 0. The molecule has 2 rings (SSSR count). The Kier molecular flexibility index (Phi) is 5.00. The van der Waals surface area contributed by atoms with Gasteiger partial charge in [-0.2, -0.15) is 0 Å². The Morgan fingerprint density at radius 1 is 1.16 bits per heavy atom. The molecule has 0 aliphatic carbocycles. The molecule has 0 radical (unpaired) electrons. The second kappa shape index (κ2) is 6.73. The summed E-state index contributed by atoms with van der Waals surface area (Å²) < 4.78 is 0. The van der Waals surface area contributed by atoms with E-state index < -0.39 is 0 Å². The monoisotopic (exact) mass is 337 g/mol. The molecule has 0 heterocycles. The number of aryl methyl sites for hydroxylation is 1. The predicted octanol–water partition coefficient (Wildman–Crippen LogP) is 4.53. The number of carbonyl (C=O) groups excluding carboxylic acids is 1. The third-order valence-corrected chi connectivity index (χ3v) is 3.31. The molecule has 19 heavy (non-hydrogen) atoms. The Balaban J connectivity index is 2.06. The zero-order valence-electron chi connectivity index (χ0n) is 10.2. The van der Waals surface area contributed by atoms with Crippen molar-refractivity contribution < 1.29 is 4.79 Å². The van der Waals surface area contributed by atoms with E-state index in [4.69, 9.17) is 11.6 Å². The molecule has 1 N–H and O–H groups in total. The molecule has 0 aliphatic rings. The van der Waals surface area contributed by atoms with Crippen LogP contribution in [-0.4, -0.2) is 11.2 Å². The highest BCUT2D eigenvalue weighted by Crippen LogP contribution is 2.14. The van der Waals surface area contributed by atoms with Crippen LogP contribution in [0.15, 0.2) is 48.5 Å². The van der Waals surface area contributed by atoms with Crippen molar-refractivity contribution in [1.29, 1.82) is 0 Å². The van der Waals surface area contributed by atoms with Crippen LogP contribution >= 0.6 is 27.5 Å². The Bertz CT molecular complexity index is 569. The summed E-state index contributed by atoms with van der Waals surface area (Å²) >= 11 is 9.26. The van der Waals surface area contributed by atoms with Crippen molar-refractivity contribution >= 4 is 39.1 Å². The average Bonchev–Trinajstić information content (AvgIpc) is 2.41. The molecule has 0 unspecified atom stereocenters. The molecule has 2 aromatic carbocycles. The highest BCUT2D eigenvalue weighted by molar-refractivity contribution is 9.09. The number of hydrogen-bond donors (Lipinski definition) is 1. The van der Waals surface area contributed by atoms with Crippen molar-refractivity contribution in [1.82, 2.24) is 0 Å². The van der Waals surface area contributed by atoms with Gasteiger partial charge in [-0.1, -0.05) is 45.7 Å². The average molecular weight is 339 g/mol. The number of rotatable bonds is 4. The van der Waals surface area contributed by atoms with Crippen LogP contribution in [0.25, 0.3) is 0 Å². The molecule has 2 nitrogen and oxygen atoms in total. The molecule has 1 amide bonds. The van der Waals surface area contributed by atoms with Crippen molar-refractivity contribution in [2.45, 2.75) is 6.42 Å². The first-order valence-corrected chi connectivity index (χ1v) is 7.41. The zero-order valence-corrected chi connectivity index (χ0v) is 12.5. The largest absolute Gasteiger partial charge is 0.322 e. The highest BCUT2D eigenvalue weighted by Gasteiger charge is 2.06. The fraction of sp³-hybridized carbons (Fsp3) is 0.133. The minimum Gasteiger partial charge on any atom is -0.322 e. The molecular weight excluding hydrogens is 326 g/mol. The van der Waals surface area contributed by atoms with E-state index in [1.165, 1.54) is 5.56 Å². The van der Waals surface area contributed by atoms with Gasteiger partial charge < -0.3 is 5.32 Å². The van der Waals surface area contributed by atoms with Crippen LogP contribution in [0.2, 0.25) is 5.02 Å². The second-order valence-electron chi connectivity index (χ2n) is 4.10. The summed E-state index contributed by atoms with van der Waals surface area (Å²) in [6.45, 7) is 0. The summed E-state index contributed by atoms with van der Waals surface area (Å²) in [5.41, 5.74) is 2.57. The predicted molar refractivity (Wildman–Crippen MR) is 83.3 cm³/mol. The molecular formula is C15H13BrClNO. The van der Waals surface area contributed by atoms with Crippen LogP contribution in [-0.2, 0) is 6.42 Å². The number of hydrogen-bond acceptors (Lipinski definition) is 1. The number of alkyl halides is 1. The van der Waals surface area contributed by atoms with Crippen molar-refractivity contribution in [3.63, 3.8) is 0 Å². The molecule has 0 aromatic heterocycles. The molecule has 0 bridgehead atoms. The van der Waals surface area contributed by atoms with Crippen molar-refractivity contribution in [2.75, 3.05) is 10.6 Å².